The number of amides is 1. The molecule has 162 valence electrons. The molecule has 1 amide bonds. The number of carbonyl (C=O) groups is 1. The maximum absolute atomic E-state index is 14.3. The standard InChI is InChI=1S/C24H19F2N3O2S/c1-14-11-12-16(13-19(14)26)29-23(31)17-7-3-5-9-20(17)28-24(29)32-15(2)22(30)27-21-10-6-4-8-18(21)25/h3-13,15H,1-2H3,(H,27,30). The summed E-state index contributed by atoms with van der Waals surface area (Å²) in [5, 5.41) is 2.44. The van der Waals surface area contributed by atoms with Crippen LogP contribution in [0, 0.1) is 18.6 Å². The number of hydrogen-bond donors (Lipinski definition) is 1. The monoisotopic (exact) mass is 451 g/mol. The van der Waals surface area contributed by atoms with E-state index in [1.807, 2.05) is 0 Å². The Labute approximate surface area is 187 Å². The third-order valence-electron chi connectivity index (χ3n) is 4.94. The van der Waals surface area contributed by atoms with Gasteiger partial charge in [-0.05, 0) is 55.8 Å². The lowest BCUT2D eigenvalue weighted by atomic mass is 10.2. The lowest BCUT2D eigenvalue weighted by Gasteiger charge is -2.17. The summed E-state index contributed by atoms with van der Waals surface area (Å²) in [6.45, 7) is 3.26. The van der Waals surface area contributed by atoms with E-state index in [2.05, 4.69) is 10.3 Å². The van der Waals surface area contributed by atoms with Crippen molar-refractivity contribution in [1.82, 2.24) is 9.55 Å². The fourth-order valence-electron chi connectivity index (χ4n) is 3.15. The number of carbonyl (C=O) groups excluding carboxylic acids is 1. The van der Waals surface area contributed by atoms with E-state index in [4.69, 9.17) is 0 Å². The average molecular weight is 451 g/mol. The molecular weight excluding hydrogens is 432 g/mol. The van der Waals surface area contributed by atoms with Crippen molar-refractivity contribution in [3.05, 3.63) is 94.3 Å². The molecule has 0 aliphatic carbocycles. The summed E-state index contributed by atoms with van der Waals surface area (Å²) in [5.74, 6) is -1.46. The first kappa shape index (κ1) is 21.7. The van der Waals surface area contributed by atoms with Crippen LogP contribution in [0.1, 0.15) is 12.5 Å². The Hall–Kier alpha value is -3.52. The van der Waals surface area contributed by atoms with Gasteiger partial charge in [0, 0.05) is 0 Å². The molecule has 0 aliphatic heterocycles. The van der Waals surface area contributed by atoms with Crippen molar-refractivity contribution in [1.29, 1.82) is 0 Å². The number of halogens is 2. The van der Waals surface area contributed by atoms with Crippen molar-refractivity contribution in [3.8, 4) is 5.69 Å². The van der Waals surface area contributed by atoms with E-state index in [1.165, 1.54) is 28.8 Å². The van der Waals surface area contributed by atoms with Crippen LogP contribution < -0.4 is 10.9 Å². The molecule has 1 atom stereocenters. The van der Waals surface area contributed by atoms with Gasteiger partial charge in [0.15, 0.2) is 5.16 Å². The molecule has 0 spiro atoms. The number of thioether (sulfide) groups is 1. The predicted molar refractivity (Wildman–Crippen MR) is 122 cm³/mol. The highest BCUT2D eigenvalue weighted by Gasteiger charge is 2.21. The zero-order valence-electron chi connectivity index (χ0n) is 17.3. The average Bonchev–Trinajstić information content (AvgIpc) is 2.77. The minimum atomic E-state index is -0.718. The number of nitrogens with zero attached hydrogens (tertiary/aromatic N) is 2. The molecule has 0 aliphatic rings. The topological polar surface area (TPSA) is 64.0 Å². The number of aromatic nitrogens is 2. The van der Waals surface area contributed by atoms with Gasteiger partial charge >= 0.3 is 0 Å². The molecule has 1 heterocycles. The molecule has 1 unspecified atom stereocenters. The highest BCUT2D eigenvalue weighted by molar-refractivity contribution is 8.00. The van der Waals surface area contributed by atoms with Crippen molar-refractivity contribution in [2.45, 2.75) is 24.3 Å². The molecule has 0 bridgehead atoms. The van der Waals surface area contributed by atoms with Crippen LogP contribution in [0.2, 0.25) is 0 Å². The van der Waals surface area contributed by atoms with Gasteiger partial charge in [0.1, 0.15) is 11.6 Å². The van der Waals surface area contributed by atoms with Crippen LogP contribution in [0.25, 0.3) is 16.6 Å². The summed E-state index contributed by atoms with van der Waals surface area (Å²) in [5.41, 5.74) is 0.908. The molecule has 8 heteroatoms. The van der Waals surface area contributed by atoms with Crippen LogP contribution in [0.4, 0.5) is 14.5 Å². The Kier molecular flexibility index (Phi) is 6.05. The summed E-state index contributed by atoms with van der Waals surface area (Å²) in [7, 11) is 0. The van der Waals surface area contributed by atoms with Crippen molar-refractivity contribution < 1.29 is 13.6 Å². The van der Waals surface area contributed by atoms with Gasteiger partial charge in [-0.15, -0.1) is 0 Å². The number of hydrogen-bond acceptors (Lipinski definition) is 4. The zero-order chi connectivity index (χ0) is 22.8. The van der Waals surface area contributed by atoms with Crippen LogP contribution in [0.15, 0.2) is 76.7 Å². The quantitative estimate of drug-likeness (QED) is 0.339. The molecule has 0 radical (unpaired) electrons. The number of anilines is 1. The Balaban J connectivity index is 1.75. The van der Waals surface area contributed by atoms with Crippen molar-refractivity contribution >= 4 is 34.3 Å². The molecule has 0 saturated carbocycles. The Morgan fingerprint density at radius 2 is 1.75 bits per heavy atom. The molecule has 1 aromatic heterocycles. The van der Waals surface area contributed by atoms with Crippen LogP contribution in [-0.2, 0) is 4.79 Å². The maximum Gasteiger partial charge on any atom is 0.266 e. The van der Waals surface area contributed by atoms with Crippen LogP contribution in [-0.4, -0.2) is 20.7 Å². The highest BCUT2D eigenvalue weighted by atomic mass is 32.2. The molecule has 0 saturated heterocycles. The lowest BCUT2D eigenvalue weighted by molar-refractivity contribution is -0.115. The minimum Gasteiger partial charge on any atom is -0.323 e. The van der Waals surface area contributed by atoms with Crippen LogP contribution in [0.3, 0.4) is 0 Å². The van der Waals surface area contributed by atoms with Gasteiger partial charge in [-0.2, -0.15) is 0 Å². The van der Waals surface area contributed by atoms with E-state index < -0.39 is 22.8 Å². The molecule has 3 aromatic carbocycles. The second-order valence-electron chi connectivity index (χ2n) is 7.21. The fourth-order valence-corrected chi connectivity index (χ4v) is 4.08. The van der Waals surface area contributed by atoms with E-state index in [-0.39, 0.29) is 16.4 Å². The molecule has 1 N–H and O–H groups in total. The van der Waals surface area contributed by atoms with E-state index in [9.17, 15) is 18.4 Å². The van der Waals surface area contributed by atoms with Gasteiger partial charge in [0.25, 0.3) is 5.56 Å². The first-order valence-electron chi connectivity index (χ1n) is 9.85. The summed E-state index contributed by atoms with van der Waals surface area (Å²) in [6, 6.07) is 17.2. The first-order chi connectivity index (χ1) is 15.3. The summed E-state index contributed by atoms with van der Waals surface area (Å²) >= 11 is 1.03. The lowest BCUT2D eigenvalue weighted by Crippen LogP contribution is -2.26. The largest absolute Gasteiger partial charge is 0.323 e. The fraction of sp³-hybridized carbons (Fsp3) is 0.125. The van der Waals surface area contributed by atoms with Gasteiger partial charge in [0.05, 0.1) is 27.5 Å². The predicted octanol–water partition coefficient (Wildman–Crippen LogP) is 5.09. The number of para-hydroxylation sites is 2. The van der Waals surface area contributed by atoms with Gasteiger partial charge in [-0.1, -0.05) is 42.1 Å². The molecule has 0 fully saturated rings. The van der Waals surface area contributed by atoms with Gasteiger partial charge in [0.2, 0.25) is 5.91 Å². The number of benzene rings is 3. The molecule has 4 aromatic rings. The summed E-state index contributed by atoms with van der Waals surface area (Å²) < 4.78 is 29.5. The van der Waals surface area contributed by atoms with Crippen molar-refractivity contribution in [2.24, 2.45) is 0 Å². The van der Waals surface area contributed by atoms with Gasteiger partial charge in [-0.3, -0.25) is 14.2 Å². The first-order valence-corrected chi connectivity index (χ1v) is 10.7. The second-order valence-corrected chi connectivity index (χ2v) is 8.52. The smallest absolute Gasteiger partial charge is 0.266 e. The number of fused-ring (bicyclic) bond motifs is 1. The normalized spacial score (nSPS) is 12.0. The van der Waals surface area contributed by atoms with E-state index in [1.54, 1.807) is 56.3 Å². The number of nitrogens with one attached hydrogen (secondary N) is 1. The van der Waals surface area contributed by atoms with Gasteiger partial charge in [-0.25, -0.2) is 13.8 Å². The summed E-state index contributed by atoms with van der Waals surface area (Å²) in [6.07, 6.45) is 0. The Morgan fingerprint density at radius 3 is 2.50 bits per heavy atom. The van der Waals surface area contributed by atoms with E-state index in [0.717, 1.165) is 11.8 Å². The van der Waals surface area contributed by atoms with E-state index in [0.29, 0.717) is 22.2 Å². The van der Waals surface area contributed by atoms with Gasteiger partial charge < -0.3 is 5.32 Å². The van der Waals surface area contributed by atoms with E-state index >= 15 is 0 Å². The zero-order valence-corrected chi connectivity index (χ0v) is 18.1. The SMILES string of the molecule is Cc1ccc(-n2c(SC(C)C(=O)Nc3ccccc3F)nc3ccccc3c2=O)cc1F. The van der Waals surface area contributed by atoms with Crippen molar-refractivity contribution in [2.75, 3.05) is 5.32 Å². The molecule has 4 rings (SSSR count). The molecular formula is C24H19F2N3O2S. The highest BCUT2D eigenvalue weighted by Crippen LogP contribution is 2.27. The van der Waals surface area contributed by atoms with Crippen LogP contribution in [0.5, 0.6) is 0 Å². The number of rotatable bonds is 5. The minimum absolute atomic E-state index is 0.0643. The second kappa shape index (κ2) is 8.92. The summed E-state index contributed by atoms with van der Waals surface area (Å²) in [4.78, 5) is 30.5. The van der Waals surface area contributed by atoms with Crippen molar-refractivity contribution in [3.63, 3.8) is 0 Å². The number of aryl methyl sites for hydroxylation is 1. The third kappa shape index (κ3) is 4.27. The third-order valence-corrected chi connectivity index (χ3v) is 5.99. The maximum atomic E-state index is 14.3. The van der Waals surface area contributed by atoms with Crippen LogP contribution >= 0.6 is 11.8 Å². The Morgan fingerprint density at radius 1 is 1.03 bits per heavy atom. The molecule has 32 heavy (non-hydrogen) atoms. The Bertz CT molecular complexity index is 1390. The molecule has 5 nitrogen and oxygen atoms in total.